The SMILES string of the molecule is Cc1ccc(NC(=O)c2ccc(C(F)(F)F)cc2)cc1-c1cc2cnc(CCN)cc2n(C)c1=O. The van der Waals surface area contributed by atoms with E-state index in [0.29, 0.717) is 29.8 Å². The van der Waals surface area contributed by atoms with E-state index in [9.17, 15) is 22.8 Å². The third-order valence-electron chi connectivity index (χ3n) is 5.83. The van der Waals surface area contributed by atoms with Crippen LogP contribution >= 0.6 is 0 Å². The highest BCUT2D eigenvalue weighted by atomic mass is 19.4. The van der Waals surface area contributed by atoms with Crippen molar-refractivity contribution in [3.8, 4) is 11.1 Å². The predicted molar refractivity (Wildman–Crippen MR) is 129 cm³/mol. The summed E-state index contributed by atoms with van der Waals surface area (Å²) >= 11 is 0. The number of carbonyl (C=O) groups excluding carboxylic acids is 1. The topological polar surface area (TPSA) is 90.0 Å². The summed E-state index contributed by atoms with van der Waals surface area (Å²) in [7, 11) is 1.69. The Morgan fingerprint density at radius 1 is 1.06 bits per heavy atom. The van der Waals surface area contributed by atoms with E-state index in [1.807, 2.05) is 13.0 Å². The minimum absolute atomic E-state index is 0.0844. The molecule has 9 heteroatoms. The highest BCUT2D eigenvalue weighted by molar-refractivity contribution is 6.04. The van der Waals surface area contributed by atoms with Crippen molar-refractivity contribution in [2.24, 2.45) is 12.8 Å². The van der Waals surface area contributed by atoms with Gasteiger partial charge < -0.3 is 15.6 Å². The van der Waals surface area contributed by atoms with E-state index in [0.717, 1.165) is 46.4 Å². The van der Waals surface area contributed by atoms with E-state index in [4.69, 9.17) is 5.73 Å². The number of nitrogens with one attached hydrogen (secondary N) is 1. The summed E-state index contributed by atoms with van der Waals surface area (Å²) in [5.74, 6) is -0.559. The smallest absolute Gasteiger partial charge is 0.330 e. The number of anilines is 1. The highest BCUT2D eigenvalue weighted by Crippen LogP contribution is 2.30. The third kappa shape index (κ3) is 4.95. The molecule has 4 aromatic rings. The van der Waals surface area contributed by atoms with Gasteiger partial charge in [0.2, 0.25) is 0 Å². The fourth-order valence-electron chi connectivity index (χ4n) is 3.89. The second kappa shape index (κ2) is 9.34. The molecule has 0 atom stereocenters. The molecule has 0 radical (unpaired) electrons. The lowest BCUT2D eigenvalue weighted by atomic mass is 9.99. The number of aryl methyl sites for hydroxylation is 2. The van der Waals surface area contributed by atoms with Gasteiger partial charge in [0.25, 0.3) is 11.5 Å². The van der Waals surface area contributed by atoms with Gasteiger partial charge in [-0.3, -0.25) is 14.6 Å². The minimum Gasteiger partial charge on any atom is -0.330 e. The van der Waals surface area contributed by atoms with Crippen LogP contribution in [0.4, 0.5) is 18.9 Å². The molecular weight excluding hydrogens is 457 g/mol. The van der Waals surface area contributed by atoms with Crippen molar-refractivity contribution >= 4 is 22.5 Å². The predicted octanol–water partition coefficient (Wildman–Crippen LogP) is 4.68. The van der Waals surface area contributed by atoms with Gasteiger partial charge in [-0.2, -0.15) is 13.2 Å². The van der Waals surface area contributed by atoms with E-state index in [2.05, 4.69) is 10.3 Å². The molecule has 1 amide bonds. The summed E-state index contributed by atoms with van der Waals surface area (Å²) < 4.78 is 39.9. The van der Waals surface area contributed by atoms with E-state index in [1.165, 1.54) is 0 Å². The maximum absolute atomic E-state index is 13.2. The van der Waals surface area contributed by atoms with Crippen LogP contribution in [0, 0.1) is 6.92 Å². The molecule has 2 aromatic heterocycles. The van der Waals surface area contributed by atoms with Crippen molar-refractivity contribution in [3.05, 3.63) is 93.5 Å². The second-order valence-corrected chi connectivity index (χ2v) is 8.25. The molecule has 6 nitrogen and oxygen atoms in total. The number of hydrogen-bond donors (Lipinski definition) is 2. The normalized spacial score (nSPS) is 11.6. The minimum atomic E-state index is -4.48. The highest BCUT2D eigenvalue weighted by Gasteiger charge is 2.30. The molecule has 2 heterocycles. The standard InChI is InChI=1S/C26H23F3N4O2/c1-15-3-8-20(32-24(34)16-4-6-18(7-5-16)26(27,28)29)12-21(15)22-11-17-14-31-19(9-10-30)13-23(17)33(2)25(22)35/h3-8,11-14H,9-10,30H2,1-2H3,(H,32,34). The first kappa shape index (κ1) is 24.2. The Balaban J connectivity index is 1.68. The first-order chi connectivity index (χ1) is 16.6. The number of hydrogen-bond acceptors (Lipinski definition) is 4. The number of benzene rings is 2. The van der Waals surface area contributed by atoms with Crippen LogP contribution in [-0.2, 0) is 19.6 Å². The summed E-state index contributed by atoms with van der Waals surface area (Å²) in [6, 6.07) is 12.7. The second-order valence-electron chi connectivity index (χ2n) is 8.25. The van der Waals surface area contributed by atoms with Crippen LogP contribution in [0.1, 0.15) is 27.2 Å². The Morgan fingerprint density at radius 3 is 2.43 bits per heavy atom. The molecule has 35 heavy (non-hydrogen) atoms. The number of nitrogens with zero attached hydrogens (tertiary/aromatic N) is 2. The van der Waals surface area contributed by atoms with Crippen LogP contribution in [0.5, 0.6) is 0 Å². The van der Waals surface area contributed by atoms with Gasteiger partial charge in [0.1, 0.15) is 0 Å². The number of nitrogens with two attached hydrogens (primary N) is 1. The molecule has 4 rings (SSSR count). The number of pyridine rings is 2. The quantitative estimate of drug-likeness (QED) is 0.434. The zero-order valence-electron chi connectivity index (χ0n) is 19.1. The summed E-state index contributed by atoms with van der Waals surface area (Å²) in [6.07, 6.45) is -2.17. The summed E-state index contributed by atoms with van der Waals surface area (Å²) in [6.45, 7) is 2.30. The number of carbonyl (C=O) groups is 1. The number of halogens is 3. The van der Waals surface area contributed by atoms with Crippen molar-refractivity contribution in [2.75, 3.05) is 11.9 Å². The van der Waals surface area contributed by atoms with Gasteiger partial charge in [-0.25, -0.2) is 0 Å². The lowest BCUT2D eigenvalue weighted by molar-refractivity contribution is -0.137. The number of amides is 1. The van der Waals surface area contributed by atoms with Crippen molar-refractivity contribution in [1.82, 2.24) is 9.55 Å². The van der Waals surface area contributed by atoms with E-state index < -0.39 is 17.6 Å². The van der Waals surface area contributed by atoms with Gasteiger partial charge in [0.05, 0.1) is 11.1 Å². The maximum Gasteiger partial charge on any atom is 0.416 e. The molecular formula is C26H23F3N4O2. The molecule has 0 spiro atoms. The van der Waals surface area contributed by atoms with Crippen LogP contribution in [0.15, 0.2) is 65.6 Å². The third-order valence-corrected chi connectivity index (χ3v) is 5.83. The molecule has 0 saturated heterocycles. The van der Waals surface area contributed by atoms with Crippen LogP contribution in [-0.4, -0.2) is 22.0 Å². The first-order valence-electron chi connectivity index (χ1n) is 10.9. The van der Waals surface area contributed by atoms with Crippen molar-refractivity contribution in [2.45, 2.75) is 19.5 Å². The van der Waals surface area contributed by atoms with Gasteiger partial charge in [-0.1, -0.05) is 6.07 Å². The number of aromatic nitrogens is 2. The van der Waals surface area contributed by atoms with Crippen molar-refractivity contribution in [1.29, 1.82) is 0 Å². The van der Waals surface area contributed by atoms with Gasteiger partial charge >= 0.3 is 6.18 Å². The maximum atomic E-state index is 13.2. The molecule has 0 aliphatic carbocycles. The average molecular weight is 480 g/mol. The van der Waals surface area contributed by atoms with E-state index in [1.54, 1.807) is 42.1 Å². The Bertz CT molecular complexity index is 1480. The van der Waals surface area contributed by atoms with Gasteiger partial charge in [-0.15, -0.1) is 0 Å². The number of rotatable bonds is 5. The Kier molecular flexibility index (Phi) is 6.45. The molecule has 0 fully saturated rings. The van der Waals surface area contributed by atoms with E-state index in [-0.39, 0.29) is 11.1 Å². The molecule has 0 aliphatic rings. The van der Waals surface area contributed by atoms with Gasteiger partial charge in [-0.05, 0) is 73.1 Å². The van der Waals surface area contributed by atoms with Crippen LogP contribution in [0.2, 0.25) is 0 Å². The molecule has 0 bridgehead atoms. The lowest BCUT2D eigenvalue weighted by Crippen LogP contribution is -2.20. The molecule has 0 aliphatic heterocycles. The van der Waals surface area contributed by atoms with Gasteiger partial charge in [0, 0.05) is 47.6 Å². The fraction of sp³-hybridized carbons (Fsp3) is 0.192. The molecule has 2 aromatic carbocycles. The van der Waals surface area contributed by atoms with E-state index >= 15 is 0 Å². The molecule has 180 valence electrons. The number of alkyl halides is 3. The van der Waals surface area contributed by atoms with Gasteiger partial charge in [0.15, 0.2) is 0 Å². The Labute approximate surface area is 199 Å². The first-order valence-corrected chi connectivity index (χ1v) is 10.9. The van der Waals surface area contributed by atoms with Crippen molar-refractivity contribution < 1.29 is 18.0 Å². The zero-order valence-corrected chi connectivity index (χ0v) is 19.1. The summed E-state index contributed by atoms with van der Waals surface area (Å²) in [4.78, 5) is 30.2. The molecule has 0 unspecified atom stereocenters. The zero-order chi connectivity index (χ0) is 25.3. The lowest BCUT2D eigenvalue weighted by Gasteiger charge is -2.14. The fourth-order valence-corrected chi connectivity index (χ4v) is 3.89. The Hall–Kier alpha value is -3.98. The number of fused-ring (bicyclic) bond motifs is 1. The summed E-state index contributed by atoms with van der Waals surface area (Å²) in [5, 5.41) is 3.47. The monoisotopic (exact) mass is 480 g/mol. The molecule has 3 N–H and O–H groups in total. The summed E-state index contributed by atoms with van der Waals surface area (Å²) in [5.41, 5.74) is 8.50. The van der Waals surface area contributed by atoms with Crippen molar-refractivity contribution in [3.63, 3.8) is 0 Å². The molecule has 0 saturated carbocycles. The average Bonchev–Trinajstić information content (AvgIpc) is 2.83. The van der Waals surface area contributed by atoms with Crippen LogP contribution in [0.25, 0.3) is 22.0 Å². The largest absolute Gasteiger partial charge is 0.416 e. The van der Waals surface area contributed by atoms with Crippen LogP contribution < -0.4 is 16.6 Å². The van der Waals surface area contributed by atoms with Crippen LogP contribution in [0.3, 0.4) is 0 Å². The Morgan fingerprint density at radius 2 is 1.77 bits per heavy atom.